The molecule has 0 heterocycles. The van der Waals surface area contributed by atoms with Gasteiger partial charge in [0, 0.05) is 4.47 Å². The first-order valence-electron chi connectivity index (χ1n) is 3.52. The maximum Gasteiger partial charge on any atom is 0.417 e. The highest BCUT2D eigenvalue weighted by molar-refractivity contribution is 9.10. The van der Waals surface area contributed by atoms with Crippen molar-refractivity contribution in [3.8, 4) is 0 Å². The van der Waals surface area contributed by atoms with Crippen LogP contribution in [0.5, 0.6) is 0 Å². The SMILES string of the molecule is NS(=O)(=O)c1cccc(C(F)(F)F)c1Br. The third kappa shape index (κ3) is 2.70. The van der Waals surface area contributed by atoms with E-state index >= 15 is 0 Å². The first-order chi connectivity index (χ1) is 6.64. The molecule has 3 nitrogen and oxygen atoms in total. The van der Waals surface area contributed by atoms with E-state index in [2.05, 4.69) is 15.9 Å². The van der Waals surface area contributed by atoms with Gasteiger partial charge in [0.1, 0.15) is 0 Å². The molecule has 0 unspecified atom stereocenters. The average molecular weight is 304 g/mol. The number of nitrogens with two attached hydrogens (primary N) is 1. The molecular weight excluding hydrogens is 299 g/mol. The van der Waals surface area contributed by atoms with Gasteiger partial charge in [0.25, 0.3) is 0 Å². The predicted octanol–water partition coefficient (Wildman–Crippen LogP) is 2.12. The molecule has 0 saturated carbocycles. The van der Waals surface area contributed by atoms with E-state index in [4.69, 9.17) is 5.14 Å². The molecule has 2 N–H and O–H groups in total. The molecule has 0 fully saturated rings. The largest absolute Gasteiger partial charge is 0.417 e. The van der Waals surface area contributed by atoms with Crippen LogP contribution in [0.3, 0.4) is 0 Å². The van der Waals surface area contributed by atoms with Gasteiger partial charge in [-0.1, -0.05) is 6.07 Å². The normalized spacial score (nSPS) is 12.9. The number of hydrogen-bond donors (Lipinski definition) is 1. The van der Waals surface area contributed by atoms with Crippen molar-refractivity contribution in [1.82, 2.24) is 0 Å². The summed E-state index contributed by atoms with van der Waals surface area (Å²) in [7, 11) is -4.16. The number of primary sulfonamides is 1. The molecule has 0 radical (unpaired) electrons. The van der Waals surface area contributed by atoms with Gasteiger partial charge in [-0.25, -0.2) is 13.6 Å². The van der Waals surface area contributed by atoms with Gasteiger partial charge < -0.3 is 0 Å². The zero-order valence-electron chi connectivity index (χ0n) is 7.05. The zero-order chi connectivity index (χ0) is 11.9. The van der Waals surface area contributed by atoms with Gasteiger partial charge in [0.15, 0.2) is 0 Å². The molecule has 0 aliphatic heterocycles. The highest BCUT2D eigenvalue weighted by Crippen LogP contribution is 2.37. The fourth-order valence-electron chi connectivity index (χ4n) is 0.949. The van der Waals surface area contributed by atoms with E-state index in [1.165, 1.54) is 0 Å². The molecule has 84 valence electrons. The van der Waals surface area contributed by atoms with E-state index in [0.29, 0.717) is 0 Å². The molecule has 1 aromatic carbocycles. The molecule has 0 spiro atoms. The van der Waals surface area contributed by atoms with Crippen LogP contribution in [-0.4, -0.2) is 8.42 Å². The summed E-state index contributed by atoms with van der Waals surface area (Å²) in [5.41, 5.74) is -1.07. The second-order valence-corrected chi connectivity index (χ2v) is 4.98. The van der Waals surface area contributed by atoms with Crippen LogP contribution in [0.15, 0.2) is 27.6 Å². The van der Waals surface area contributed by atoms with Gasteiger partial charge in [-0.2, -0.15) is 13.2 Å². The van der Waals surface area contributed by atoms with Gasteiger partial charge in [0.05, 0.1) is 10.5 Å². The molecule has 1 rings (SSSR count). The van der Waals surface area contributed by atoms with Crippen LogP contribution in [0.25, 0.3) is 0 Å². The monoisotopic (exact) mass is 303 g/mol. The summed E-state index contributed by atoms with van der Waals surface area (Å²) >= 11 is 2.57. The molecular formula is C7H5BrF3NO2S. The van der Waals surface area contributed by atoms with Gasteiger partial charge in [0.2, 0.25) is 10.0 Å². The molecule has 0 atom stereocenters. The zero-order valence-corrected chi connectivity index (χ0v) is 9.45. The summed E-state index contributed by atoms with van der Waals surface area (Å²) in [6.07, 6.45) is -4.63. The Labute approximate surface area is 92.3 Å². The average Bonchev–Trinajstić information content (AvgIpc) is 1.99. The van der Waals surface area contributed by atoms with E-state index in [1.54, 1.807) is 0 Å². The van der Waals surface area contributed by atoms with E-state index in [9.17, 15) is 21.6 Å². The Bertz CT molecular complexity index is 483. The fourth-order valence-corrected chi connectivity index (χ4v) is 2.74. The Kier molecular flexibility index (Phi) is 3.13. The maximum atomic E-state index is 12.4. The molecule has 0 saturated heterocycles. The van der Waals surface area contributed by atoms with Crippen LogP contribution in [0.1, 0.15) is 5.56 Å². The summed E-state index contributed by atoms with van der Waals surface area (Å²) in [6, 6.07) is 2.74. The quantitative estimate of drug-likeness (QED) is 0.864. The number of halogens is 4. The van der Waals surface area contributed by atoms with Crippen LogP contribution in [0.4, 0.5) is 13.2 Å². The third-order valence-corrected chi connectivity index (χ3v) is 3.65. The molecule has 15 heavy (non-hydrogen) atoms. The van der Waals surface area contributed by atoms with Crippen molar-refractivity contribution in [3.05, 3.63) is 28.2 Å². The summed E-state index contributed by atoms with van der Waals surface area (Å²) in [4.78, 5) is -0.586. The Morgan fingerprint density at radius 2 is 1.80 bits per heavy atom. The summed E-state index contributed by atoms with van der Waals surface area (Å²) < 4.78 is 58.3. The smallest absolute Gasteiger partial charge is 0.225 e. The van der Waals surface area contributed by atoms with Crippen molar-refractivity contribution in [3.63, 3.8) is 0 Å². The Hall–Kier alpha value is -0.600. The number of alkyl halides is 3. The van der Waals surface area contributed by atoms with Crippen LogP contribution in [0.2, 0.25) is 0 Å². The van der Waals surface area contributed by atoms with Crippen LogP contribution < -0.4 is 5.14 Å². The van der Waals surface area contributed by atoms with E-state index in [-0.39, 0.29) is 0 Å². The summed E-state index contributed by atoms with van der Waals surface area (Å²) in [5.74, 6) is 0. The predicted molar refractivity (Wildman–Crippen MR) is 50.5 cm³/mol. The van der Waals surface area contributed by atoms with Gasteiger partial charge in [-0.15, -0.1) is 0 Å². The molecule has 1 aromatic rings. The number of hydrogen-bond acceptors (Lipinski definition) is 2. The topological polar surface area (TPSA) is 60.2 Å². The van der Waals surface area contributed by atoms with Gasteiger partial charge >= 0.3 is 6.18 Å². The molecule has 0 aromatic heterocycles. The first-order valence-corrected chi connectivity index (χ1v) is 5.86. The molecule has 0 aliphatic rings. The highest BCUT2D eigenvalue weighted by atomic mass is 79.9. The van der Waals surface area contributed by atoms with Crippen molar-refractivity contribution in [2.75, 3.05) is 0 Å². The number of sulfonamides is 1. The second-order valence-electron chi connectivity index (χ2n) is 2.66. The van der Waals surface area contributed by atoms with E-state index in [1.807, 2.05) is 0 Å². The van der Waals surface area contributed by atoms with Crippen molar-refractivity contribution in [2.45, 2.75) is 11.1 Å². The summed E-state index contributed by atoms with van der Waals surface area (Å²) in [5, 5.41) is 4.74. The minimum Gasteiger partial charge on any atom is -0.225 e. The molecule has 0 bridgehead atoms. The van der Waals surface area contributed by atoms with Crippen molar-refractivity contribution < 1.29 is 21.6 Å². The second kappa shape index (κ2) is 3.76. The minimum atomic E-state index is -4.63. The highest BCUT2D eigenvalue weighted by Gasteiger charge is 2.34. The number of rotatable bonds is 1. The first kappa shape index (κ1) is 12.5. The fraction of sp³-hybridized carbons (Fsp3) is 0.143. The van der Waals surface area contributed by atoms with Gasteiger partial charge in [-0.3, -0.25) is 0 Å². The lowest BCUT2D eigenvalue weighted by Gasteiger charge is -2.10. The maximum absolute atomic E-state index is 12.4. The minimum absolute atomic E-state index is 0.569. The van der Waals surface area contributed by atoms with E-state index < -0.39 is 31.1 Å². The van der Waals surface area contributed by atoms with Crippen molar-refractivity contribution in [2.24, 2.45) is 5.14 Å². The van der Waals surface area contributed by atoms with Crippen molar-refractivity contribution in [1.29, 1.82) is 0 Å². The third-order valence-electron chi connectivity index (χ3n) is 1.58. The number of benzene rings is 1. The van der Waals surface area contributed by atoms with Crippen LogP contribution in [-0.2, 0) is 16.2 Å². The summed E-state index contributed by atoms with van der Waals surface area (Å²) in [6.45, 7) is 0. The molecule has 0 amide bonds. The lowest BCUT2D eigenvalue weighted by molar-refractivity contribution is -0.138. The molecule has 8 heteroatoms. The standard InChI is InChI=1S/C7H5BrF3NO2S/c8-6-4(7(9,10)11)2-1-3-5(6)15(12,13)14/h1-3H,(H2,12,13,14). The Balaban J connectivity index is 3.51. The molecule has 0 aliphatic carbocycles. The van der Waals surface area contributed by atoms with Crippen LogP contribution in [0, 0.1) is 0 Å². The lowest BCUT2D eigenvalue weighted by Crippen LogP contribution is -2.15. The van der Waals surface area contributed by atoms with Gasteiger partial charge in [-0.05, 0) is 28.1 Å². The van der Waals surface area contributed by atoms with Crippen LogP contribution >= 0.6 is 15.9 Å². The van der Waals surface area contributed by atoms with E-state index in [0.717, 1.165) is 18.2 Å². The Morgan fingerprint density at radius 3 is 2.20 bits per heavy atom. The lowest BCUT2D eigenvalue weighted by atomic mass is 10.2. The van der Waals surface area contributed by atoms with Crippen molar-refractivity contribution >= 4 is 26.0 Å². The Morgan fingerprint density at radius 1 is 1.27 bits per heavy atom.